The number of carbonyl (C=O) groups excluding carboxylic acids is 3. The lowest BCUT2D eigenvalue weighted by Gasteiger charge is -2.33. The van der Waals surface area contributed by atoms with Crippen molar-refractivity contribution in [3.63, 3.8) is 0 Å². The summed E-state index contributed by atoms with van der Waals surface area (Å²) in [5, 5.41) is 9.57. The topological polar surface area (TPSA) is 125 Å². The van der Waals surface area contributed by atoms with E-state index >= 15 is 0 Å². The minimum atomic E-state index is -1.25. The van der Waals surface area contributed by atoms with Gasteiger partial charge < -0.3 is 19.6 Å². The highest BCUT2D eigenvalue weighted by Crippen LogP contribution is 2.31. The maximum absolute atomic E-state index is 13.9. The van der Waals surface area contributed by atoms with Crippen LogP contribution in [0.25, 0.3) is 11.0 Å². The lowest BCUT2D eigenvalue weighted by atomic mass is 10.1. The second kappa shape index (κ2) is 10.2. The fourth-order valence-corrected chi connectivity index (χ4v) is 4.48. The molecule has 2 aromatic carbocycles. The molecule has 1 aliphatic heterocycles. The first-order chi connectivity index (χ1) is 17.9. The maximum atomic E-state index is 13.9. The molecule has 0 saturated carbocycles. The van der Waals surface area contributed by atoms with Gasteiger partial charge in [-0.2, -0.15) is 0 Å². The number of aromatic nitrogens is 2. The van der Waals surface area contributed by atoms with E-state index in [2.05, 4.69) is 4.98 Å². The third-order valence-electron chi connectivity index (χ3n) is 6.12. The quantitative estimate of drug-likeness (QED) is 0.555. The molecule has 3 aromatic rings. The number of carboxylic acid groups (broad SMARTS) is 1. The number of nitrogens with zero attached hydrogens (tertiary/aromatic N) is 5. The van der Waals surface area contributed by atoms with Crippen LogP contribution in [-0.2, 0) is 27.4 Å². The van der Waals surface area contributed by atoms with Gasteiger partial charge in [0.1, 0.15) is 17.5 Å². The van der Waals surface area contributed by atoms with E-state index in [1.165, 1.54) is 26.3 Å². The molecule has 38 heavy (non-hydrogen) atoms. The lowest BCUT2D eigenvalue weighted by molar-refractivity contribution is -0.141. The van der Waals surface area contributed by atoms with Gasteiger partial charge in [0.15, 0.2) is 0 Å². The molecule has 1 N–H and O–H groups in total. The smallest absolute Gasteiger partial charge is 0.420 e. The number of rotatable bonds is 4. The molecule has 4 rings (SSSR count). The van der Waals surface area contributed by atoms with E-state index in [0.717, 1.165) is 0 Å². The molecule has 0 radical (unpaired) electrons. The first-order valence-corrected chi connectivity index (χ1v) is 12.2. The molecule has 0 spiro atoms. The number of imidazole rings is 1. The Morgan fingerprint density at radius 2 is 1.76 bits per heavy atom. The molecule has 0 aliphatic carbocycles. The summed E-state index contributed by atoms with van der Waals surface area (Å²) in [5.41, 5.74) is 1.48. The Morgan fingerprint density at radius 3 is 2.45 bits per heavy atom. The number of aliphatic carboxylic acids is 1. The standard InChI is InChI=1S/C27H31N5O6/c1-27(2,3)38-26(37)32-20-13-9-7-11-18(20)28-22(32)16-30(5)25(36)31-19-12-8-6-10-17(19)15-29(4)24(35)21(31)14-23(33)34/h6-13,21H,14-16H2,1-5H3,(H,33,34). The summed E-state index contributed by atoms with van der Waals surface area (Å²) in [7, 11) is 3.09. The van der Waals surface area contributed by atoms with Gasteiger partial charge in [0, 0.05) is 20.6 Å². The molecule has 11 nitrogen and oxygen atoms in total. The highest BCUT2D eigenvalue weighted by Gasteiger charge is 2.40. The molecule has 1 aliphatic rings. The summed E-state index contributed by atoms with van der Waals surface area (Å²) in [5.74, 6) is -1.42. The summed E-state index contributed by atoms with van der Waals surface area (Å²) >= 11 is 0. The number of likely N-dealkylation sites (N-methyl/N-ethyl adjacent to an activating group) is 1. The van der Waals surface area contributed by atoms with Gasteiger partial charge in [-0.3, -0.25) is 14.5 Å². The van der Waals surface area contributed by atoms with Crippen molar-refractivity contribution in [3.8, 4) is 0 Å². The van der Waals surface area contributed by atoms with E-state index in [1.54, 1.807) is 76.3 Å². The lowest BCUT2D eigenvalue weighted by Crippen LogP contribution is -2.53. The molecule has 11 heteroatoms. The van der Waals surface area contributed by atoms with Crippen molar-refractivity contribution < 1.29 is 29.0 Å². The fraction of sp³-hybridized carbons (Fsp3) is 0.370. The molecule has 3 amide bonds. The number of urea groups is 1. The van der Waals surface area contributed by atoms with Gasteiger partial charge in [-0.25, -0.2) is 19.1 Å². The van der Waals surface area contributed by atoms with E-state index in [0.29, 0.717) is 22.3 Å². The third-order valence-corrected chi connectivity index (χ3v) is 6.12. The number of carbonyl (C=O) groups is 4. The van der Waals surface area contributed by atoms with Gasteiger partial charge >= 0.3 is 18.1 Å². The van der Waals surface area contributed by atoms with Gasteiger partial charge in [-0.05, 0) is 44.5 Å². The van der Waals surface area contributed by atoms with Crippen LogP contribution in [0.15, 0.2) is 48.5 Å². The fourth-order valence-electron chi connectivity index (χ4n) is 4.48. The van der Waals surface area contributed by atoms with Crippen LogP contribution in [0.1, 0.15) is 38.6 Å². The van der Waals surface area contributed by atoms with Gasteiger partial charge in [-0.15, -0.1) is 0 Å². The number of hydrogen-bond acceptors (Lipinski definition) is 6. The second-order valence-corrected chi connectivity index (χ2v) is 10.3. The summed E-state index contributed by atoms with van der Waals surface area (Å²) in [6.45, 7) is 5.40. The van der Waals surface area contributed by atoms with E-state index in [4.69, 9.17) is 4.74 Å². The predicted molar refractivity (Wildman–Crippen MR) is 140 cm³/mol. The zero-order chi connectivity index (χ0) is 27.8. The van der Waals surface area contributed by atoms with Crippen LogP contribution < -0.4 is 4.90 Å². The summed E-state index contributed by atoms with van der Waals surface area (Å²) in [6, 6.07) is 12.2. The highest BCUT2D eigenvalue weighted by atomic mass is 16.6. The molecule has 0 bridgehead atoms. The number of anilines is 1. The largest absolute Gasteiger partial charge is 0.481 e. The Kier molecular flexibility index (Phi) is 7.12. The highest BCUT2D eigenvalue weighted by molar-refractivity contribution is 6.03. The summed E-state index contributed by atoms with van der Waals surface area (Å²) in [6.07, 6.45) is -1.20. The monoisotopic (exact) mass is 521 g/mol. The van der Waals surface area contributed by atoms with Crippen LogP contribution in [0.5, 0.6) is 0 Å². The van der Waals surface area contributed by atoms with Crippen LogP contribution in [0.2, 0.25) is 0 Å². The van der Waals surface area contributed by atoms with E-state index in [-0.39, 0.29) is 18.9 Å². The number of carboxylic acids is 1. The third kappa shape index (κ3) is 5.31. The van der Waals surface area contributed by atoms with Crippen molar-refractivity contribution in [1.82, 2.24) is 19.4 Å². The first-order valence-electron chi connectivity index (χ1n) is 12.2. The zero-order valence-corrected chi connectivity index (χ0v) is 22.0. The number of hydrogen-bond donors (Lipinski definition) is 1. The van der Waals surface area contributed by atoms with E-state index in [9.17, 15) is 24.3 Å². The molecule has 200 valence electrons. The Hall–Kier alpha value is -4.41. The summed E-state index contributed by atoms with van der Waals surface area (Å²) in [4.78, 5) is 60.5. The zero-order valence-electron chi connectivity index (χ0n) is 22.0. The van der Waals surface area contributed by atoms with Crippen molar-refractivity contribution in [2.75, 3.05) is 19.0 Å². The first kappa shape index (κ1) is 26.6. The SMILES string of the molecule is CN1Cc2ccccc2N(C(=O)N(C)Cc2nc3ccccc3n2C(=O)OC(C)(C)C)C(CC(=O)O)C1=O. The van der Waals surface area contributed by atoms with Crippen molar-refractivity contribution in [2.45, 2.75) is 51.9 Å². The van der Waals surface area contributed by atoms with Gasteiger partial charge in [0.2, 0.25) is 5.91 Å². The second-order valence-electron chi connectivity index (χ2n) is 10.3. The Morgan fingerprint density at radius 1 is 1.11 bits per heavy atom. The van der Waals surface area contributed by atoms with Crippen molar-refractivity contribution in [2.24, 2.45) is 0 Å². The molecular weight excluding hydrogens is 490 g/mol. The minimum absolute atomic E-state index is 0.102. The average molecular weight is 522 g/mol. The van der Waals surface area contributed by atoms with Crippen LogP contribution in [0.4, 0.5) is 15.3 Å². The molecular formula is C27H31N5O6. The number of para-hydroxylation sites is 3. The van der Waals surface area contributed by atoms with E-state index < -0.39 is 42.1 Å². The predicted octanol–water partition coefficient (Wildman–Crippen LogP) is 3.69. The number of benzene rings is 2. The Bertz CT molecular complexity index is 1410. The van der Waals surface area contributed by atoms with E-state index in [1.807, 2.05) is 0 Å². The average Bonchev–Trinajstić information content (AvgIpc) is 3.16. The van der Waals surface area contributed by atoms with Crippen LogP contribution in [0.3, 0.4) is 0 Å². The van der Waals surface area contributed by atoms with Crippen LogP contribution in [0, 0.1) is 0 Å². The van der Waals surface area contributed by atoms with Gasteiger partial charge in [-0.1, -0.05) is 30.3 Å². The number of amides is 3. The molecule has 1 unspecified atom stereocenters. The van der Waals surface area contributed by atoms with Crippen molar-refractivity contribution >= 4 is 40.7 Å². The molecule has 1 atom stereocenters. The molecule has 0 saturated heterocycles. The normalized spacial score (nSPS) is 15.7. The van der Waals surface area contributed by atoms with Crippen molar-refractivity contribution in [1.29, 1.82) is 0 Å². The molecule has 2 heterocycles. The maximum Gasteiger partial charge on any atom is 0.420 e. The van der Waals surface area contributed by atoms with Crippen LogP contribution >= 0.6 is 0 Å². The summed E-state index contributed by atoms with van der Waals surface area (Å²) < 4.78 is 6.92. The Balaban J connectivity index is 1.74. The minimum Gasteiger partial charge on any atom is -0.481 e. The number of fused-ring (bicyclic) bond motifs is 2. The van der Waals surface area contributed by atoms with Crippen molar-refractivity contribution in [3.05, 3.63) is 59.9 Å². The van der Waals surface area contributed by atoms with Gasteiger partial charge in [0.25, 0.3) is 0 Å². The molecule has 1 aromatic heterocycles. The van der Waals surface area contributed by atoms with Gasteiger partial charge in [0.05, 0.1) is 29.7 Å². The number of ether oxygens (including phenoxy) is 1. The van der Waals surface area contributed by atoms with Crippen LogP contribution in [-0.4, -0.2) is 74.2 Å². The molecule has 0 fully saturated rings. The Labute approximate surface area is 220 Å².